The predicted molar refractivity (Wildman–Crippen MR) is 325 cm³/mol. The summed E-state index contributed by atoms with van der Waals surface area (Å²) in [7, 11) is 0. The van der Waals surface area contributed by atoms with E-state index in [4.69, 9.17) is 17.2 Å². The number of hydrogen-bond acceptors (Lipinski definition) is 12. The van der Waals surface area contributed by atoms with Gasteiger partial charge >= 0.3 is 0 Å². The number of imidazole rings is 1. The van der Waals surface area contributed by atoms with Gasteiger partial charge in [0.15, 0.2) is 5.96 Å². The van der Waals surface area contributed by atoms with Crippen molar-refractivity contribution < 1.29 is 38.4 Å². The lowest BCUT2D eigenvalue weighted by Gasteiger charge is -2.27. The number of H-pyrrole nitrogens is 2. The highest BCUT2D eigenvalue weighted by Gasteiger charge is 2.32. The van der Waals surface area contributed by atoms with Gasteiger partial charge in [-0.15, -0.1) is 0 Å². The summed E-state index contributed by atoms with van der Waals surface area (Å²) in [6, 6.07) is 10.0. The second kappa shape index (κ2) is 39.8. The number of carbonyl (C=O) groups excluding carboxylic acids is 8. The van der Waals surface area contributed by atoms with E-state index in [0.29, 0.717) is 37.2 Å². The lowest BCUT2D eigenvalue weighted by atomic mass is 10.0. The highest BCUT2D eigenvalue weighted by atomic mass is 16.2. The Labute approximate surface area is 492 Å². The Morgan fingerprint density at radius 3 is 1.93 bits per heavy atom. The molecule has 2 aromatic heterocycles. The first-order valence-corrected chi connectivity index (χ1v) is 29.5. The highest BCUT2D eigenvalue weighted by molar-refractivity contribution is 6.26. The van der Waals surface area contributed by atoms with Crippen LogP contribution in [0.5, 0.6) is 0 Å². The zero-order valence-corrected chi connectivity index (χ0v) is 48.9. The van der Waals surface area contributed by atoms with Gasteiger partial charge in [0.05, 0.1) is 6.33 Å². The molecule has 0 bridgehead atoms. The first-order valence-electron chi connectivity index (χ1n) is 29.5. The lowest BCUT2D eigenvalue weighted by molar-refractivity contribution is -0.135. The smallest absolute Gasteiger partial charge is 0.264 e. The number of unbranched alkanes of at least 4 members (excludes halogenated alkanes) is 11. The molecule has 4 aromatic rings. The van der Waals surface area contributed by atoms with Gasteiger partial charge in [0.25, 0.3) is 5.91 Å². The molecule has 458 valence electrons. The fraction of sp³-hybridized carbons (Fsp3) is 0.517. The van der Waals surface area contributed by atoms with E-state index in [2.05, 4.69) is 86.8 Å². The van der Waals surface area contributed by atoms with Crippen LogP contribution in [0.15, 0.2) is 95.6 Å². The van der Waals surface area contributed by atoms with Crippen LogP contribution in [0.25, 0.3) is 10.9 Å². The third-order valence-electron chi connectivity index (χ3n) is 13.8. The van der Waals surface area contributed by atoms with Gasteiger partial charge in [-0.05, 0) is 75.5 Å². The van der Waals surface area contributed by atoms with Gasteiger partial charge in [0.1, 0.15) is 43.0 Å². The van der Waals surface area contributed by atoms with Gasteiger partial charge in [0.2, 0.25) is 41.4 Å². The Kier molecular flexibility index (Phi) is 32.2. The molecule has 0 fully saturated rings. The first kappa shape index (κ1) is 67.9. The van der Waals surface area contributed by atoms with Crippen LogP contribution < -0.4 is 59.8 Å². The zero-order chi connectivity index (χ0) is 60.7. The molecule has 8 amide bonds. The molecule has 2 heterocycles. The van der Waals surface area contributed by atoms with Crippen molar-refractivity contribution in [3.63, 3.8) is 0 Å². The molecule has 0 aliphatic heterocycles. The molecule has 0 unspecified atom stereocenters. The van der Waals surface area contributed by atoms with Gasteiger partial charge in [-0.1, -0.05) is 119 Å². The second-order valence-electron chi connectivity index (χ2n) is 20.8. The molecule has 0 radical (unpaired) electrons. The fourth-order valence-electron chi connectivity index (χ4n) is 9.11. The van der Waals surface area contributed by atoms with Crippen molar-refractivity contribution in [3.8, 4) is 0 Å². The minimum absolute atomic E-state index is 0.0133. The summed E-state index contributed by atoms with van der Waals surface area (Å²) in [4.78, 5) is 121. The van der Waals surface area contributed by atoms with E-state index in [1.54, 1.807) is 36.5 Å². The van der Waals surface area contributed by atoms with Crippen molar-refractivity contribution in [1.29, 1.82) is 0 Å². The van der Waals surface area contributed by atoms with Crippen molar-refractivity contribution in [2.45, 2.75) is 172 Å². The van der Waals surface area contributed by atoms with Gasteiger partial charge < -0.3 is 69.8 Å². The Bertz CT molecular complexity index is 2730. The fourth-order valence-corrected chi connectivity index (χ4v) is 9.11. The minimum atomic E-state index is -1.32. The number of benzene rings is 2. The SMILES string of the molecule is CCCCCCCC/C=C\CCCCCCCC(=O)NCCCNC(=O)/C=N/NCC(=O)N[C@@H](C)C(=O)N[C@@H](Cc1cnc[nH]1)C(=O)N[C@H](Cc1ccccc1)C(=O)N[C@@H](CCCN=C(N)N)C(=O)N[C@@H](Cc1c[nH]c2ccccc12)C(N)=O. The second-order valence-corrected chi connectivity index (χ2v) is 20.8. The summed E-state index contributed by atoms with van der Waals surface area (Å²) in [6.45, 7) is 4.06. The number of allylic oxidation sites excluding steroid dienone is 2. The molecule has 0 saturated carbocycles. The Morgan fingerprint density at radius 2 is 1.24 bits per heavy atom. The Hall–Kier alpha value is -8.57. The number of fused-ring (bicyclic) bond motifs is 1. The molecule has 16 N–H and O–H groups in total. The number of nitrogens with one attached hydrogen (secondary N) is 10. The van der Waals surface area contributed by atoms with Crippen LogP contribution in [0, 0.1) is 0 Å². The number of carbonyl (C=O) groups is 8. The van der Waals surface area contributed by atoms with Gasteiger partial charge in [0, 0.05) is 74.3 Å². The number of aromatic nitrogens is 3. The van der Waals surface area contributed by atoms with E-state index >= 15 is 0 Å². The third-order valence-corrected chi connectivity index (χ3v) is 13.8. The average molecular weight is 1160 g/mol. The van der Waals surface area contributed by atoms with E-state index in [9.17, 15) is 38.4 Å². The van der Waals surface area contributed by atoms with Crippen molar-refractivity contribution in [2.24, 2.45) is 27.3 Å². The lowest BCUT2D eigenvalue weighted by Crippen LogP contribution is -2.59. The summed E-state index contributed by atoms with van der Waals surface area (Å²) < 4.78 is 0. The van der Waals surface area contributed by atoms with E-state index in [1.165, 1.54) is 70.8 Å². The summed E-state index contributed by atoms with van der Waals surface area (Å²) in [5.41, 5.74) is 22.0. The van der Waals surface area contributed by atoms with E-state index in [0.717, 1.165) is 54.8 Å². The van der Waals surface area contributed by atoms with Crippen LogP contribution in [0.4, 0.5) is 0 Å². The molecular weight excluding hydrogens is 1070 g/mol. The number of guanidine groups is 1. The normalized spacial score (nSPS) is 13.0. The standard InChI is InChI=1S/C60H90N16O8/c1-3-4-5-6-7-8-9-10-11-12-13-14-15-16-20-30-52(77)65-32-24-33-66-53(78)39-70-71-40-54(79)72-42(2)56(81)75-51(36-45-38-64-41-69-45)59(84)76-50(34-43-25-18-17-19-26-43)58(83)73-48(29-23-31-67-60(62)63)57(82)74-49(55(61)80)35-44-37-68-47-28-22-21-27-46(44)47/h10-11,17-19,21-22,25-28,37-39,41-42,48-51,68,71H,3-9,12-16,20,23-24,29-36,40H2,1-2H3,(H2,61,80)(H,64,69)(H,65,77)(H,66,78)(H,72,79)(H,73,83)(H,74,82)(H,75,81)(H,76,84)(H4,62,63,67)/b11-10-,70-39+/t42-,48-,49-,50+,51-/m0/s1. The number of aliphatic imine (C=N–C) groups is 1. The van der Waals surface area contributed by atoms with Crippen LogP contribution in [0.2, 0.25) is 0 Å². The number of hydrazone groups is 1. The molecule has 24 heteroatoms. The van der Waals surface area contributed by atoms with Crippen LogP contribution in [-0.4, -0.2) is 131 Å². The van der Waals surface area contributed by atoms with Crippen molar-refractivity contribution in [2.75, 3.05) is 26.2 Å². The van der Waals surface area contributed by atoms with Crippen LogP contribution >= 0.6 is 0 Å². The third kappa shape index (κ3) is 27.9. The van der Waals surface area contributed by atoms with E-state index < -0.39 is 78.1 Å². The number of para-hydroxylation sites is 1. The van der Waals surface area contributed by atoms with Crippen LogP contribution in [0.3, 0.4) is 0 Å². The predicted octanol–water partition coefficient (Wildman–Crippen LogP) is 3.14. The maximum atomic E-state index is 14.4. The topological polar surface area (TPSA) is 380 Å². The molecule has 2 aromatic carbocycles. The van der Waals surface area contributed by atoms with Gasteiger partial charge in [-0.2, -0.15) is 5.10 Å². The monoisotopic (exact) mass is 1160 g/mol. The largest absolute Gasteiger partial charge is 0.370 e. The summed E-state index contributed by atoms with van der Waals surface area (Å²) in [6.07, 6.45) is 26.8. The molecule has 0 saturated heterocycles. The van der Waals surface area contributed by atoms with Gasteiger partial charge in [-0.3, -0.25) is 43.3 Å². The maximum Gasteiger partial charge on any atom is 0.264 e. The highest BCUT2D eigenvalue weighted by Crippen LogP contribution is 2.20. The molecule has 24 nitrogen and oxygen atoms in total. The quantitative estimate of drug-likeness (QED) is 0.01000. The molecule has 84 heavy (non-hydrogen) atoms. The van der Waals surface area contributed by atoms with Crippen molar-refractivity contribution >= 4 is 70.3 Å². The summed E-state index contributed by atoms with van der Waals surface area (Å²) in [5.74, 6) is -5.17. The summed E-state index contributed by atoms with van der Waals surface area (Å²) in [5, 5.41) is 23.6. The maximum absolute atomic E-state index is 14.4. The number of rotatable bonds is 43. The molecule has 0 aliphatic carbocycles. The number of primary amides is 1. The summed E-state index contributed by atoms with van der Waals surface area (Å²) >= 11 is 0. The number of hydrogen-bond donors (Lipinski definition) is 13. The Morgan fingerprint density at radius 1 is 0.619 bits per heavy atom. The van der Waals surface area contributed by atoms with Crippen molar-refractivity contribution in [3.05, 3.63) is 102 Å². The molecule has 5 atom stereocenters. The van der Waals surface area contributed by atoms with Crippen molar-refractivity contribution in [1.82, 2.24) is 57.6 Å². The molecule has 0 aliphatic rings. The number of nitrogens with two attached hydrogens (primary N) is 3. The number of amides is 8. The molecule has 4 rings (SSSR count). The van der Waals surface area contributed by atoms with Gasteiger partial charge in [-0.25, -0.2) is 4.98 Å². The van der Waals surface area contributed by atoms with E-state index in [-0.39, 0.29) is 50.5 Å². The van der Waals surface area contributed by atoms with Crippen LogP contribution in [-0.2, 0) is 57.6 Å². The zero-order valence-electron chi connectivity index (χ0n) is 48.9. The van der Waals surface area contributed by atoms with Crippen LogP contribution in [0.1, 0.15) is 140 Å². The Balaban J connectivity index is 1.24. The van der Waals surface area contributed by atoms with E-state index in [1.807, 2.05) is 24.3 Å². The molecule has 0 spiro atoms. The first-order chi connectivity index (χ1) is 40.6. The number of nitrogens with zero attached hydrogens (tertiary/aromatic N) is 3. The minimum Gasteiger partial charge on any atom is -0.370 e. The molecular formula is C60H90N16O8. The number of aromatic amines is 2. The average Bonchev–Trinajstić information content (AvgIpc) is 4.09.